The predicted octanol–water partition coefficient (Wildman–Crippen LogP) is 2.81. The van der Waals surface area contributed by atoms with Crippen LogP contribution in [0.2, 0.25) is 5.02 Å². The molecular formula is C11H10Cl2O. The molecule has 0 bridgehead atoms. The van der Waals surface area contributed by atoms with Gasteiger partial charge in [-0.15, -0.1) is 11.6 Å². The van der Waals surface area contributed by atoms with E-state index in [0.29, 0.717) is 17.3 Å². The van der Waals surface area contributed by atoms with E-state index in [1.807, 2.05) is 12.1 Å². The highest BCUT2D eigenvalue weighted by molar-refractivity contribution is 6.32. The summed E-state index contributed by atoms with van der Waals surface area (Å²) < 4.78 is 0. The van der Waals surface area contributed by atoms with Gasteiger partial charge in [0.2, 0.25) is 0 Å². The summed E-state index contributed by atoms with van der Waals surface area (Å²) in [4.78, 5) is 0. The van der Waals surface area contributed by atoms with Crippen molar-refractivity contribution in [1.29, 1.82) is 0 Å². The Kier molecular flexibility index (Phi) is 4.82. The van der Waals surface area contributed by atoms with Crippen molar-refractivity contribution in [3.63, 3.8) is 0 Å². The maximum absolute atomic E-state index is 8.54. The topological polar surface area (TPSA) is 20.2 Å². The van der Waals surface area contributed by atoms with Gasteiger partial charge in [0.1, 0.15) is 0 Å². The van der Waals surface area contributed by atoms with E-state index in [2.05, 4.69) is 11.8 Å². The lowest BCUT2D eigenvalue weighted by molar-refractivity contribution is 0.305. The molecule has 0 heterocycles. The smallest absolute Gasteiger partial charge is 0.0540 e. The number of hydrogen-bond acceptors (Lipinski definition) is 1. The number of benzene rings is 1. The molecule has 1 nitrogen and oxygen atoms in total. The second-order valence-corrected chi connectivity index (χ2v) is 3.39. The molecule has 0 saturated carbocycles. The maximum Gasteiger partial charge on any atom is 0.0540 e. The van der Waals surface area contributed by atoms with E-state index < -0.39 is 0 Å². The zero-order chi connectivity index (χ0) is 10.4. The van der Waals surface area contributed by atoms with Crippen LogP contribution in [0, 0.1) is 11.8 Å². The zero-order valence-electron chi connectivity index (χ0n) is 7.56. The number of aliphatic hydroxyl groups excluding tert-OH is 1. The molecule has 0 unspecified atom stereocenters. The van der Waals surface area contributed by atoms with Crippen LogP contribution in [0.1, 0.15) is 17.5 Å². The third-order valence-electron chi connectivity index (χ3n) is 1.66. The van der Waals surface area contributed by atoms with Gasteiger partial charge in [-0.3, -0.25) is 0 Å². The molecule has 0 spiro atoms. The first-order valence-corrected chi connectivity index (χ1v) is 5.13. The van der Waals surface area contributed by atoms with Crippen molar-refractivity contribution in [2.45, 2.75) is 12.3 Å². The van der Waals surface area contributed by atoms with Crippen LogP contribution in [0.5, 0.6) is 0 Å². The standard InChI is InChI=1S/C11H10Cl2O/c12-8-10-7-9(3-1-2-6-14)4-5-11(10)13/h4-5,7,14H,2,6,8H2. The molecule has 0 aromatic heterocycles. The Morgan fingerprint density at radius 3 is 2.79 bits per heavy atom. The van der Waals surface area contributed by atoms with E-state index >= 15 is 0 Å². The predicted molar refractivity (Wildman–Crippen MR) is 59.6 cm³/mol. The minimum atomic E-state index is 0.0863. The van der Waals surface area contributed by atoms with Gasteiger partial charge < -0.3 is 5.11 Å². The molecule has 3 heteroatoms. The molecule has 1 rings (SSSR count). The van der Waals surface area contributed by atoms with Crippen LogP contribution in [-0.2, 0) is 5.88 Å². The Balaban J connectivity index is 2.86. The quantitative estimate of drug-likeness (QED) is 0.610. The number of halogens is 2. The maximum atomic E-state index is 8.54. The average Bonchev–Trinajstić information content (AvgIpc) is 2.21. The SMILES string of the molecule is OCCC#Cc1ccc(Cl)c(CCl)c1. The first-order chi connectivity index (χ1) is 6.77. The van der Waals surface area contributed by atoms with E-state index in [4.69, 9.17) is 28.3 Å². The van der Waals surface area contributed by atoms with Crippen molar-refractivity contribution in [3.8, 4) is 11.8 Å². The van der Waals surface area contributed by atoms with Crippen LogP contribution in [0.4, 0.5) is 0 Å². The summed E-state index contributed by atoms with van der Waals surface area (Å²) in [5.41, 5.74) is 1.75. The van der Waals surface area contributed by atoms with Crippen molar-refractivity contribution in [3.05, 3.63) is 34.3 Å². The normalized spacial score (nSPS) is 9.36. The lowest BCUT2D eigenvalue weighted by Crippen LogP contribution is -1.83. The van der Waals surface area contributed by atoms with Gasteiger partial charge in [0, 0.05) is 22.9 Å². The fraction of sp³-hybridized carbons (Fsp3) is 0.273. The minimum Gasteiger partial charge on any atom is -0.395 e. The highest BCUT2D eigenvalue weighted by atomic mass is 35.5. The van der Waals surface area contributed by atoms with Gasteiger partial charge >= 0.3 is 0 Å². The van der Waals surface area contributed by atoms with Crippen LogP contribution >= 0.6 is 23.2 Å². The highest BCUT2D eigenvalue weighted by Gasteiger charge is 1.98. The molecule has 74 valence electrons. The summed E-state index contributed by atoms with van der Waals surface area (Å²) in [5, 5.41) is 9.20. The summed E-state index contributed by atoms with van der Waals surface area (Å²) in [6, 6.07) is 5.48. The van der Waals surface area contributed by atoms with Gasteiger partial charge in [-0.05, 0) is 23.8 Å². The van der Waals surface area contributed by atoms with Crippen molar-refractivity contribution in [2.75, 3.05) is 6.61 Å². The molecule has 0 amide bonds. The number of rotatable bonds is 2. The van der Waals surface area contributed by atoms with Gasteiger partial charge in [-0.1, -0.05) is 23.4 Å². The lowest BCUT2D eigenvalue weighted by atomic mass is 10.1. The molecule has 0 radical (unpaired) electrons. The average molecular weight is 229 g/mol. The van der Waals surface area contributed by atoms with Gasteiger partial charge in [-0.2, -0.15) is 0 Å². The van der Waals surface area contributed by atoms with E-state index in [-0.39, 0.29) is 6.61 Å². The largest absolute Gasteiger partial charge is 0.395 e. The molecule has 0 atom stereocenters. The second-order valence-electron chi connectivity index (χ2n) is 2.72. The molecule has 14 heavy (non-hydrogen) atoms. The van der Waals surface area contributed by atoms with Gasteiger partial charge in [0.05, 0.1) is 6.61 Å². The van der Waals surface area contributed by atoms with Crippen LogP contribution in [0.25, 0.3) is 0 Å². The first-order valence-electron chi connectivity index (χ1n) is 4.22. The summed E-state index contributed by atoms with van der Waals surface area (Å²) in [6.45, 7) is 0.0863. The molecule has 0 aliphatic carbocycles. The summed E-state index contributed by atoms with van der Waals surface area (Å²) in [7, 11) is 0. The van der Waals surface area contributed by atoms with Crippen molar-refractivity contribution in [2.24, 2.45) is 0 Å². The fourth-order valence-electron chi connectivity index (χ4n) is 0.975. The Hall–Kier alpha value is -0.680. The molecule has 1 aromatic rings. The van der Waals surface area contributed by atoms with E-state index in [0.717, 1.165) is 11.1 Å². The molecule has 1 aromatic carbocycles. The molecule has 0 saturated heterocycles. The summed E-state index contributed by atoms with van der Waals surface area (Å²) >= 11 is 11.6. The minimum absolute atomic E-state index is 0.0863. The third kappa shape index (κ3) is 3.23. The summed E-state index contributed by atoms with van der Waals surface area (Å²) in [5.74, 6) is 6.14. The Bertz CT molecular complexity index is 363. The van der Waals surface area contributed by atoms with Crippen LogP contribution in [-0.4, -0.2) is 11.7 Å². The van der Waals surface area contributed by atoms with E-state index in [9.17, 15) is 0 Å². The molecule has 0 fully saturated rings. The van der Waals surface area contributed by atoms with Gasteiger partial charge in [0.15, 0.2) is 0 Å². The lowest BCUT2D eigenvalue weighted by Gasteiger charge is -1.99. The van der Waals surface area contributed by atoms with Crippen LogP contribution in [0.3, 0.4) is 0 Å². The van der Waals surface area contributed by atoms with Crippen molar-refractivity contribution < 1.29 is 5.11 Å². The first kappa shape index (κ1) is 11.4. The van der Waals surface area contributed by atoms with E-state index in [1.54, 1.807) is 6.07 Å². The van der Waals surface area contributed by atoms with Crippen LogP contribution < -0.4 is 0 Å². The van der Waals surface area contributed by atoms with Gasteiger partial charge in [-0.25, -0.2) is 0 Å². The number of alkyl halides is 1. The molecule has 1 N–H and O–H groups in total. The second kappa shape index (κ2) is 5.93. The van der Waals surface area contributed by atoms with Crippen molar-refractivity contribution in [1.82, 2.24) is 0 Å². The summed E-state index contributed by atoms with van der Waals surface area (Å²) in [6.07, 6.45) is 0.485. The molecular weight excluding hydrogens is 219 g/mol. The van der Waals surface area contributed by atoms with Gasteiger partial charge in [0.25, 0.3) is 0 Å². The van der Waals surface area contributed by atoms with Crippen molar-refractivity contribution >= 4 is 23.2 Å². The monoisotopic (exact) mass is 228 g/mol. The highest BCUT2D eigenvalue weighted by Crippen LogP contribution is 2.18. The molecule has 0 aliphatic rings. The zero-order valence-corrected chi connectivity index (χ0v) is 9.07. The fourth-order valence-corrected chi connectivity index (χ4v) is 1.45. The number of aliphatic hydroxyl groups is 1. The van der Waals surface area contributed by atoms with E-state index in [1.165, 1.54) is 0 Å². The Morgan fingerprint density at radius 2 is 2.14 bits per heavy atom. The Labute approximate surface area is 93.7 Å². The Morgan fingerprint density at radius 1 is 1.36 bits per heavy atom. The molecule has 0 aliphatic heterocycles. The number of hydrogen-bond donors (Lipinski definition) is 1. The third-order valence-corrected chi connectivity index (χ3v) is 2.32. The van der Waals surface area contributed by atoms with Crippen LogP contribution in [0.15, 0.2) is 18.2 Å².